The van der Waals surface area contributed by atoms with Crippen LogP contribution in [0.4, 0.5) is 0 Å². The molecule has 7 nitrogen and oxygen atoms in total. The van der Waals surface area contributed by atoms with E-state index in [9.17, 15) is 14.4 Å². The molecule has 0 fully saturated rings. The number of nitrogens with zero attached hydrogens (tertiary/aromatic N) is 1. The zero-order chi connectivity index (χ0) is 20.8. The Bertz CT molecular complexity index is 906. The van der Waals surface area contributed by atoms with E-state index in [2.05, 4.69) is 34.4 Å². The molecular formula is C19H28N4O3S2. The Morgan fingerprint density at radius 3 is 2.64 bits per heavy atom. The van der Waals surface area contributed by atoms with Crippen molar-refractivity contribution in [3.63, 3.8) is 0 Å². The number of hydrogen-bond acceptors (Lipinski definition) is 6. The molecule has 3 N–H and O–H groups in total. The highest BCUT2D eigenvalue weighted by Crippen LogP contribution is 2.30. The lowest BCUT2D eigenvalue weighted by atomic mass is 9.98. The second kappa shape index (κ2) is 10.1. The third-order valence-corrected chi connectivity index (χ3v) is 6.47. The quantitative estimate of drug-likeness (QED) is 0.424. The second-order valence-electron chi connectivity index (χ2n) is 6.88. The fraction of sp³-hybridized carbons (Fsp3) is 0.579. The Kier molecular flexibility index (Phi) is 8.06. The topological polar surface area (TPSA) is 104 Å². The van der Waals surface area contributed by atoms with Crippen LogP contribution in [0.3, 0.4) is 0 Å². The maximum absolute atomic E-state index is 12.6. The first-order valence-corrected chi connectivity index (χ1v) is 11.3. The lowest BCUT2D eigenvalue weighted by Crippen LogP contribution is -2.45. The Morgan fingerprint density at radius 2 is 2.00 bits per heavy atom. The number of thiophene rings is 1. The van der Waals surface area contributed by atoms with Crippen LogP contribution in [0, 0.1) is 12.8 Å². The number of amides is 2. The Hall–Kier alpha value is -1.87. The molecule has 154 valence electrons. The van der Waals surface area contributed by atoms with E-state index in [0.717, 1.165) is 35.0 Å². The summed E-state index contributed by atoms with van der Waals surface area (Å²) in [5, 5.41) is 6.38. The van der Waals surface area contributed by atoms with Gasteiger partial charge in [-0.05, 0) is 38.7 Å². The zero-order valence-corrected chi connectivity index (χ0v) is 18.6. The van der Waals surface area contributed by atoms with Crippen molar-refractivity contribution in [2.45, 2.75) is 58.7 Å². The number of hydrogen-bond donors (Lipinski definition) is 3. The number of aromatic nitrogens is 2. The first kappa shape index (κ1) is 22.4. The monoisotopic (exact) mass is 424 g/mol. The lowest BCUT2D eigenvalue weighted by Gasteiger charge is -2.12. The molecule has 0 unspecified atom stereocenters. The van der Waals surface area contributed by atoms with Gasteiger partial charge in [0.05, 0.1) is 11.1 Å². The maximum atomic E-state index is 12.6. The van der Waals surface area contributed by atoms with E-state index in [1.165, 1.54) is 11.3 Å². The van der Waals surface area contributed by atoms with Crippen molar-refractivity contribution in [3.05, 3.63) is 20.8 Å². The third kappa shape index (κ3) is 5.57. The van der Waals surface area contributed by atoms with Crippen molar-refractivity contribution in [2.75, 3.05) is 12.3 Å². The highest BCUT2D eigenvalue weighted by atomic mass is 32.2. The van der Waals surface area contributed by atoms with Crippen LogP contribution in [0.1, 0.15) is 44.6 Å². The molecule has 2 amide bonds. The van der Waals surface area contributed by atoms with Crippen molar-refractivity contribution in [3.8, 4) is 0 Å². The molecule has 0 saturated heterocycles. The largest absolute Gasteiger partial charge is 0.355 e. The smallest absolute Gasteiger partial charge is 0.260 e. The Labute approximate surface area is 173 Å². The van der Waals surface area contributed by atoms with Crippen LogP contribution in [0.15, 0.2) is 9.95 Å². The molecule has 2 rings (SSSR count). The molecule has 0 spiro atoms. The van der Waals surface area contributed by atoms with Gasteiger partial charge in [0, 0.05) is 11.4 Å². The minimum absolute atomic E-state index is 0.0717. The Balaban J connectivity index is 2.09. The van der Waals surface area contributed by atoms with Gasteiger partial charge in [-0.15, -0.1) is 11.3 Å². The van der Waals surface area contributed by atoms with Crippen LogP contribution in [0.25, 0.3) is 10.2 Å². The number of carbonyl (C=O) groups is 2. The zero-order valence-electron chi connectivity index (χ0n) is 17.0. The summed E-state index contributed by atoms with van der Waals surface area (Å²) in [6.45, 7) is 10.3. The molecule has 9 heteroatoms. The number of fused-ring (bicyclic) bond motifs is 1. The number of aromatic amines is 1. The van der Waals surface area contributed by atoms with Gasteiger partial charge in [-0.25, -0.2) is 4.98 Å². The van der Waals surface area contributed by atoms with E-state index < -0.39 is 6.04 Å². The fourth-order valence-electron chi connectivity index (χ4n) is 2.77. The van der Waals surface area contributed by atoms with Crippen molar-refractivity contribution in [1.82, 2.24) is 20.6 Å². The van der Waals surface area contributed by atoms with E-state index >= 15 is 0 Å². The van der Waals surface area contributed by atoms with Gasteiger partial charge in [0.2, 0.25) is 11.8 Å². The second-order valence-corrected chi connectivity index (χ2v) is 9.05. The van der Waals surface area contributed by atoms with Gasteiger partial charge in [0.1, 0.15) is 10.9 Å². The standard InChI is InChI=1S/C19H28N4O3S2/c1-6-10(3)8-13-12(5)28-18-15(13)17(26)22-19(23-18)27-9-14(24)21-11(4)16(25)20-7-2/h10-11H,6-9H2,1-5H3,(H,20,25)(H,21,24)(H,22,23,26)/t10-,11-/m1/s1. The average Bonchev–Trinajstić information content (AvgIpc) is 2.95. The Morgan fingerprint density at radius 1 is 1.29 bits per heavy atom. The molecule has 2 heterocycles. The maximum Gasteiger partial charge on any atom is 0.260 e. The van der Waals surface area contributed by atoms with Crippen LogP contribution < -0.4 is 16.2 Å². The normalized spacial score (nSPS) is 13.3. The summed E-state index contributed by atoms with van der Waals surface area (Å²) in [4.78, 5) is 45.5. The number of carbonyl (C=O) groups excluding carboxylic acids is 2. The predicted octanol–water partition coefficient (Wildman–Crippen LogP) is 2.61. The summed E-state index contributed by atoms with van der Waals surface area (Å²) in [6, 6.07) is -0.606. The molecular weight excluding hydrogens is 396 g/mol. The number of thioether (sulfide) groups is 1. The van der Waals surface area contributed by atoms with Crippen LogP contribution in [-0.4, -0.2) is 40.1 Å². The van der Waals surface area contributed by atoms with Crippen LogP contribution in [0.2, 0.25) is 0 Å². The highest BCUT2D eigenvalue weighted by Gasteiger charge is 2.18. The molecule has 0 aliphatic rings. The predicted molar refractivity (Wildman–Crippen MR) is 115 cm³/mol. The summed E-state index contributed by atoms with van der Waals surface area (Å²) in [5.74, 6) is 0.0611. The lowest BCUT2D eigenvalue weighted by molar-refractivity contribution is -0.127. The van der Waals surface area contributed by atoms with Crippen LogP contribution >= 0.6 is 23.1 Å². The number of H-pyrrole nitrogens is 1. The number of aryl methyl sites for hydroxylation is 1. The van der Waals surface area contributed by atoms with Gasteiger partial charge in [0.15, 0.2) is 5.16 Å². The molecule has 2 atom stereocenters. The van der Waals surface area contributed by atoms with Gasteiger partial charge in [0.25, 0.3) is 5.56 Å². The van der Waals surface area contributed by atoms with Crippen LogP contribution in [0.5, 0.6) is 0 Å². The summed E-state index contributed by atoms with van der Waals surface area (Å²) in [5.41, 5.74) is 0.916. The minimum atomic E-state index is -0.606. The van der Waals surface area contributed by atoms with Gasteiger partial charge in [-0.2, -0.15) is 0 Å². The van der Waals surface area contributed by atoms with E-state index in [4.69, 9.17) is 0 Å². The summed E-state index contributed by atoms with van der Waals surface area (Å²) >= 11 is 2.67. The van der Waals surface area contributed by atoms with E-state index in [-0.39, 0.29) is 23.1 Å². The molecule has 0 bridgehead atoms. The van der Waals surface area contributed by atoms with Crippen molar-refractivity contribution < 1.29 is 9.59 Å². The molecule has 0 saturated carbocycles. The average molecular weight is 425 g/mol. The summed E-state index contributed by atoms with van der Waals surface area (Å²) in [7, 11) is 0. The van der Waals surface area contributed by atoms with Gasteiger partial charge in [-0.1, -0.05) is 32.0 Å². The van der Waals surface area contributed by atoms with E-state index in [1.807, 2.05) is 13.8 Å². The fourth-order valence-corrected chi connectivity index (χ4v) is 4.56. The summed E-state index contributed by atoms with van der Waals surface area (Å²) in [6.07, 6.45) is 1.92. The molecule has 28 heavy (non-hydrogen) atoms. The van der Waals surface area contributed by atoms with E-state index in [0.29, 0.717) is 27.8 Å². The van der Waals surface area contributed by atoms with Crippen LogP contribution in [-0.2, 0) is 16.0 Å². The third-order valence-electron chi connectivity index (χ3n) is 4.55. The van der Waals surface area contributed by atoms with Crippen molar-refractivity contribution >= 4 is 45.1 Å². The minimum Gasteiger partial charge on any atom is -0.355 e. The molecule has 2 aromatic heterocycles. The summed E-state index contributed by atoms with van der Waals surface area (Å²) < 4.78 is 0. The van der Waals surface area contributed by atoms with Crippen molar-refractivity contribution in [2.24, 2.45) is 5.92 Å². The number of rotatable bonds is 9. The SMILES string of the molecule is CCNC(=O)[C@@H](C)NC(=O)CSc1nc2sc(C)c(C[C@H](C)CC)c2c(=O)[nH]1. The number of nitrogens with one attached hydrogen (secondary N) is 3. The highest BCUT2D eigenvalue weighted by molar-refractivity contribution is 7.99. The van der Waals surface area contributed by atoms with Gasteiger partial charge >= 0.3 is 0 Å². The molecule has 0 radical (unpaired) electrons. The van der Waals surface area contributed by atoms with Gasteiger partial charge in [-0.3, -0.25) is 14.4 Å². The van der Waals surface area contributed by atoms with Gasteiger partial charge < -0.3 is 15.6 Å². The van der Waals surface area contributed by atoms with E-state index in [1.54, 1.807) is 6.92 Å². The molecule has 0 aliphatic heterocycles. The first-order valence-electron chi connectivity index (χ1n) is 9.48. The molecule has 0 aromatic carbocycles. The number of likely N-dealkylation sites (N-methyl/N-ethyl adjacent to an activating group) is 1. The first-order chi connectivity index (χ1) is 13.3. The molecule has 0 aliphatic carbocycles. The van der Waals surface area contributed by atoms with Crippen molar-refractivity contribution in [1.29, 1.82) is 0 Å². The molecule has 2 aromatic rings.